The van der Waals surface area contributed by atoms with Gasteiger partial charge in [0.15, 0.2) is 0 Å². The second-order valence-corrected chi connectivity index (χ2v) is 5.87. The van der Waals surface area contributed by atoms with Crippen molar-refractivity contribution in [1.82, 2.24) is 4.90 Å². The van der Waals surface area contributed by atoms with Crippen LogP contribution < -0.4 is 4.74 Å². The number of piperidine rings is 1. The zero-order valence-electron chi connectivity index (χ0n) is 13.3. The van der Waals surface area contributed by atoms with Crippen molar-refractivity contribution < 1.29 is 14.7 Å². The van der Waals surface area contributed by atoms with Gasteiger partial charge in [0.2, 0.25) is 0 Å². The molecule has 1 aliphatic heterocycles. The number of hydrogen-bond acceptors (Lipinski definition) is 4. The standard InChI is InChI=1S/C19H20N2O3/c22-19(24-18-4-2-1-3-5-18)17-8-6-15(7-9-17)16-10-12-21(13-11-16)14-20-23/h1-9,14,16,23H,10-13H2/b20-14-. The molecule has 1 saturated heterocycles. The van der Waals surface area contributed by atoms with E-state index in [4.69, 9.17) is 9.94 Å². The van der Waals surface area contributed by atoms with E-state index in [1.54, 1.807) is 12.1 Å². The number of para-hydroxylation sites is 1. The van der Waals surface area contributed by atoms with E-state index >= 15 is 0 Å². The van der Waals surface area contributed by atoms with Crippen LogP contribution in [0.1, 0.15) is 34.7 Å². The van der Waals surface area contributed by atoms with E-state index in [9.17, 15) is 4.79 Å². The van der Waals surface area contributed by atoms with Crippen LogP contribution in [0.2, 0.25) is 0 Å². The second-order valence-electron chi connectivity index (χ2n) is 5.87. The highest BCUT2D eigenvalue weighted by Crippen LogP contribution is 2.27. The zero-order valence-corrected chi connectivity index (χ0v) is 13.3. The molecule has 0 aliphatic carbocycles. The van der Waals surface area contributed by atoms with E-state index < -0.39 is 0 Å². The van der Waals surface area contributed by atoms with Gasteiger partial charge in [-0.2, -0.15) is 0 Å². The highest BCUT2D eigenvalue weighted by molar-refractivity contribution is 5.91. The topological polar surface area (TPSA) is 62.1 Å². The normalized spacial score (nSPS) is 15.6. The van der Waals surface area contributed by atoms with E-state index in [0.717, 1.165) is 25.9 Å². The highest BCUT2D eigenvalue weighted by Gasteiger charge is 2.19. The first-order valence-corrected chi connectivity index (χ1v) is 8.05. The van der Waals surface area contributed by atoms with Crippen molar-refractivity contribution in [1.29, 1.82) is 0 Å². The molecule has 5 nitrogen and oxygen atoms in total. The molecule has 2 aromatic rings. The van der Waals surface area contributed by atoms with Gasteiger partial charge in [-0.05, 0) is 48.6 Å². The van der Waals surface area contributed by atoms with Crippen molar-refractivity contribution in [3.05, 3.63) is 65.7 Å². The SMILES string of the molecule is O=C(Oc1ccccc1)c1ccc(C2CCN(/C=N\O)CC2)cc1. The Morgan fingerprint density at radius 3 is 2.38 bits per heavy atom. The Bertz CT molecular complexity index is 690. The number of esters is 1. The molecule has 1 heterocycles. The molecule has 0 saturated carbocycles. The van der Waals surface area contributed by atoms with Gasteiger partial charge in [-0.15, -0.1) is 0 Å². The van der Waals surface area contributed by atoms with Gasteiger partial charge >= 0.3 is 5.97 Å². The molecule has 0 unspecified atom stereocenters. The van der Waals surface area contributed by atoms with Crippen LogP contribution in [0.25, 0.3) is 0 Å². The number of likely N-dealkylation sites (tertiary alicyclic amines) is 1. The van der Waals surface area contributed by atoms with Crippen LogP contribution in [0, 0.1) is 0 Å². The van der Waals surface area contributed by atoms with Crippen molar-refractivity contribution >= 4 is 12.3 Å². The number of ether oxygens (including phenoxy) is 1. The number of nitrogens with zero attached hydrogens (tertiary/aromatic N) is 2. The Balaban J connectivity index is 1.60. The third-order valence-corrected chi connectivity index (χ3v) is 4.32. The summed E-state index contributed by atoms with van der Waals surface area (Å²) in [6.45, 7) is 1.74. The summed E-state index contributed by atoms with van der Waals surface area (Å²) in [4.78, 5) is 14.2. The lowest BCUT2D eigenvalue weighted by Gasteiger charge is -2.30. The van der Waals surface area contributed by atoms with Crippen molar-refractivity contribution in [2.45, 2.75) is 18.8 Å². The lowest BCUT2D eigenvalue weighted by molar-refractivity contribution is 0.0734. The third-order valence-electron chi connectivity index (χ3n) is 4.32. The van der Waals surface area contributed by atoms with E-state index in [1.807, 2.05) is 47.4 Å². The molecule has 0 radical (unpaired) electrons. The molecule has 1 aliphatic rings. The maximum atomic E-state index is 12.1. The number of benzene rings is 2. The first-order valence-electron chi connectivity index (χ1n) is 8.05. The molecule has 1 N–H and O–H groups in total. The van der Waals surface area contributed by atoms with Gasteiger partial charge in [-0.1, -0.05) is 35.5 Å². The van der Waals surface area contributed by atoms with Crippen LogP contribution in [0.3, 0.4) is 0 Å². The van der Waals surface area contributed by atoms with Gasteiger partial charge < -0.3 is 14.8 Å². The summed E-state index contributed by atoms with van der Waals surface area (Å²) < 4.78 is 5.34. The van der Waals surface area contributed by atoms with Gasteiger partial charge in [-0.25, -0.2) is 4.79 Å². The van der Waals surface area contributed by atoms with Crippen molar-refractivity contribution in [3.8, 4) is 5.75 Å². The summed E-state index contributed by atoms with van der Waals surface area (Å²) in [5.74, 6) is 0.666. The number of rotatable bonds is 4. The van der Waals surface area contributed by atoms with Crippen LogP contribution in [-0.2, 0) is 0 Å². The maximum Gasteiger partial charge on any atom is 0.343 e. The third kappa shape index (κ3) is 3.93. The quantitative estimate of drug-likeness (QED) is 0.233. The molecule has 0 atom stereocenters. The molecule has 1 fully saturated rings. The average Bonchev–Trinajstić information content (AvgIpc) is 2.64. The minimum Gasteiger partial charge on any atom is -0.423 e. The molecular formula is C19H20N2O3. The Morgan fingerprint density at radius 1 is 1.08 bits per heavy atom. The summed E-state index contributed by atoms with van der Waals surface area (Å²) in [7, 11) is 0. The summed E-state index contributed by atoms with van der Waals surface area (Å²) >= 11 is 0. The summed E-state index contributed by atoms with van der Waals surface area (Å²) in [5.41, 5.74) is 1.78. The predicted molar refractivity (Wildman–Crippen MR) is 91.7 cm³/mol. The largest absolute Gasteiger partial charge is 0.423 e. The molecule has 5 heteroatoms. The zero-order chi connectivity index (χ0) is 16.8. The molecule has 124 valence electrons. The number of hydrogen-bond donors (Lipinski definition) is 1. The van der Waals surface area contributed by atoms with E-state index in [-0.39, 0.29) is 5.97 Å². The molecule has 0 aromatic heterocycles. The molecule has 3 rings (SSSR count). The average molecular weight is 324 g/mol. The minimum absolute atomic E-state index is 0.346. The van der Waals surface area contributed by atoms with E-state index in [0.29, 0.717) is 17.2 Å². The van der Waals surface area contributed by atoms with Gasteiger partial charge in [-0.3, -0.25) is 0 Å². The number of carbonyl (C=O) groups is 1. The number of carbonyl (C=O) groups excluding carboxylic acids is 1. The predicted octanol–water partition coefficient (Wildman–Crippen LogP) is 3.50. The van der Waals surface area contributed by atoms with Crippen LogP contribution in [0.5, 0.6) is 5.75 Å². The van der Waals surface area contributed by atoms with E-state index in [2.05, 4.69) is 5.16 Å². The lowest BCUT2D eigenvalue weighted by atomic mass is 9.89. The molecular weight excluding hydrogens is 304 g/mol. The monoisotopic (exact) mass is 324 g/mol. The summed E-state index contributed by atoms with van der Waals surface area (Å²) in [5, 5.41) is 11.6. The lowest BCUT2D eigenvalue weighted by Crippen LogP contribution is -2.31. The van der Waals surface area contributed by atoms with Gasteiger partial charge in [0.05, 0.1) is 5.56 Å². The number of oxime groups is 1. The Kier molecular flexibility index (Phi) is 5.11. The van der Waals surface area contributed by atoms with Crippen molar-refractivity contribution in [2.75, 3.05) is 13.1 Å². The van der Waals surface area contributed by atoms with Crippen molar-refractivity contribution in [3.63, 3.8) is 0 Å². The fourth-order valence-corrected chi connectivity index (χ4v) is 2.97. The van der Waals surface area contributed by atoms with Crippen LogP contribution in [0.15, 0.2) is 59.8 Å². The Morgan fingerprint density at radius 2 is 1.75 bits per heavy atom. The molecule has 24 heavy (non-hydrogen) atoms. The smallest absolute Gasteiger partial charge is 0.343 e. The minimum atomic E-state index is -0.346. The Labute approximate surface area is 141 Å². The molecule has 2 aromatic carbocycles. The Hall–Kier alpha value is -2.82. The van der Waals surface area contributed by atoms with Crippen LogP contribution in [0.4, 0.5) is 0 Å². The first kappa shape index (κ1) is 16.1. The van der Waals surface area contributed by atoms with Crippen LogP contribution in [-0.4, -0.2) is 35.5 Å². The fourth-order valence-electron chi connectivity index (χ4n) is 2.97. The first-order chi connectivity index (χ1) is 11.8. The van der Waals surface area contributed by atoms with Gasteiger partial charge in [0.1, 0.15) is 12.1 Å². The van der Waals surface area contributed by atoms with Gasteiger partial charge in [0.25, 0.3) is 0 Å². The second kappa shape index (κ2) is 7.64. The van der Waals surface area contributed by atoms with E-state index in [1.165, 1.54) is 11.9 Å². The maximum absolute atomic E-state index is 12.1. The molecule has 0 bridgehead atoms. The summed E-state index contributed by atoms with van der Waals surface area (Å²) in [6.07, 6.45) is 3.47. The highest BCUT2D eigenvalue weighted by atomic mass is 16.5. The molecule has 0 spiro atoms. The fraction of sp³-hybridized carbons (Fsp3) is 0.263. The molecule has 0 amide bonds. The van der Waals surface area contributed by atoms with Crippen LogP contribution >= 0.6 is 0 Å². The van der Waals surface area contributed by atoms with Crippen molar-refractivity contribution in [2.24, 2.45) is 5.16 Å². The summed E-state index contributed by atoms with van der Waals surface area (Å²) in [6, 6.07) is 16.7. The van der Waals surface area contributed by atoms with Gasteiger partial charge in [0, 0.05) is 13.1 Å².